The van der Waals surface area contributed by atoms with Crippen molar-refractivity contribution >= 4 is 23.2 Å². The second-order valence-corrected chi connectivity index (χ2v) is 9.12. The average molecular weight is 412 g/mol. The van der Waals surface area contributed by atoms with Crippen LogP contribution < -0.4 is 10.6 Å². The summed E-state index contributed by atoms with van der Waals surface area (Å²) in [5.41, 5.74) is 2.60. The first kappa shape index (κ1) is 20.1. The minimum absolute atomic E-state index is 0.0135. The largest absolute Gasteiger partial charge is 0.352 e. The van der Waals surface area contributed by atoms with Gasteiger partial charge in [0, 0.05) is 30.4 Å². The first-order valence-electron chi connectivity index (χ1n) is 10.5. The molecule has 0 saturated heterocycles. The molecule has 2 amide bonds. The quantitative estimate of drug-likeness (QED) is 0.735. The van der Waals surface area contributed by atoms with Crippen molar-refractivity contribution in [1.82, 2.24) is 15.5 Å². The fraction of sp³-hybridized carbons (Fsp3) is 0.478. The lowest BCUT2D eigenvalue weighted by atomic mass is 9.84. The number of nitrogens with one attached hydrogen (secondary N) is 2. The number of carbonyl (C=O) groups is 2. The van der Waals surface area contributed by atoms with E-state index in [1.165, 1.54) is 16.0 Å². The van der Waals surface area contributed by atoms with Gasteiger partial charge in [-0.2, -0.15) is 0 Å². The average Bonchev–Trinajstić information content (AvgIpc) is 3.15. The van der Waals surface area contributed by atoms with Crippen LogP contribution in [0.5, 0.6) is 0 Å². The number of thiophene rings is 1. The van der Waals surface area contributed by atoms with Gasteiger partial charge in [0.1, 0.15) is 6.04 Å². The highest BCUT2D eigenvalue weighted by molar-refractivity contribution is 7.10. The van der Waals surface area contributed by atoms with Gasteiger partial charge in [0.05, 0.1) is 6.04 Å². The van der Waals surface area contributed by atoms with E-state index in [0.29, 0.717) is 6.54 Å². The molecule has 2 atom stereocenters. The molecular weight excluding hydrogens is 382 g/mol. The van der Waals surface area contributed by atoms with Crippen molar-refractivity contribution < 1.29 is 9.59 Å². The molecule has 1 aromatic heterocycles. The monoisotopic (exact) mass is 411 g/mol. The molecule has 2 aliphatic rings. The Morgan fingerprint density at radius 2 is 2.00 bits per heavy atom. The Morgan fingerprint density at radius 3 is 2.72 bits per heavy atom. The highest BCUT2D eigenvalue weighted by atomic mass is 32.1. The molecule has 6 heteroatoms. The number of hydrogen-bond acceptors (Lipinski definition) is 4. The lowest BCUT2D eigenvalue weighted by Gasteiger charge is -2.35. The van der Waals surface area contributed by atoms with Gasteiger partial charge >= 0.3 is 0 Å². The third kappa shape index (κ3) is 4.70. The Balaban J connectivity index is 1.39. The van der Waals surface area contributed by atoms with Gasteiger partial charge in [0.2, 0.25) is 11.8 Å². The van der Waals surface area contributed by atoms with Crippen LogP contribution in [0.15, 0.2) is 41.8 Å². The lowest BCUT2D eigenvalue weighted by Crippen LogP contribution is -2.49. The molecular formula is C23H29N3O2S. The molecule has 1 aromatic carbocycles. The molecule has 2 aromatic rings. The molecule has 1 aliphatic heterocycles. The summed E-state index contributed by atoms with van der Waals surface area (Å²) in [4.78, 5) is 28.7. The van der Waals surface area contributed by atoms with E-state index in [9.17, 15) is 9.59 Å². The molecule has 2 heterocycles. The van der Waals surface area contributed by atoms with E-state index < -0.39 is 6.04 Å². The molecule has 0 bridgehead atoms. The molecule has 154 valence electrons. The molecule has 29 heavy (non-hydrogen) atoms. The summed E-state index contributed by atoms with van der Waals surface area (Å²) in [6.07, 6.45) is 4.04. The van der Waals surface area contributed by atoms with E-state index in [2.05, 4.69) is 39.1 Å². The summed E-state index contributed by atoms with van der Waals surface area (Å²) in [5.74, 6) is -0.0122. The van der Waals surface area contributed by atoms with Crippen LogP contribution in [0.2, 0.25) is 0 Å². The standard InChI is InChI=1S/C23H29N3O2S/c1-16(25-23(28)18-8-5-9-18)22(27)24-14-20(17-6-3-2-4-7-17)26-12-10-21-19(15-26)11-13-29-21/h2-4,6-7,11,13,16,18,20H,5,8-10,12,14-15H2,1H3,(H,24,27)(H,25,28). The Bertz CT molecular complexity index is 847. The number of carbonyl (C=O) groups excluding carboxylic acids is 2. The Morgan fingerprint density at radius 1 is 1.21 bits per heavy atom. The number of hydrogen-bond donors (Lipinski definition) is 2. The van der Waals surface area contributed by atoms with Crippen molar-refractivity contribution in [3.63, 3.8) is 0 Å². The zero-order chi connectivity index (χ0) is 20.2. The summed E-state index contributed by atoms with van der Waals surface area (Å²) < 4.78 is 0. The minimum Gasteiger partial charge on any atom is -0.352 e. The molecule has 1 aliphatic carbocycles. The summed E-state index contributed by atoms with van der Waals surface area (Å²) in [7, 11) is 0. The third-order valence-electron chi connectivity index (χ3n) is 6.16. The summed E-state index contributed by atoms with van der Waals surface area (Å²) in [5, 5.41) is 8.12. The van der Waals surface area contributed by atoms with E-state index in [1.54, 1.807) is 6.92 Å². The van der Waals surface area contributed by atoms with Crippen LogP contribution in [0.4, 0.5) is 0 Å². The maximum atomic E-state index is 12.6. The van der Waals surface area contributed by atoms with Crippen molar-refractivity contribution in [2.24, 2.45) is 5.92 Å². The van der Waals surface area contributed by atoms with Crippen LogP contribution in [0.25, 0.3) is 0 Å². The van der Waals surface area contributed by atoms with Gasteiger partial charge in [-0.1, -0.05) is 36.8 Å². The Labute approximate surface area is 176 Å². The van der Waals surface area contributed by atoms with Gasteiger partial charge in [-0.25, -0.2) is 0 Å². The van der Waals surface area contributed by atoms with E-state index in [-0.39, 0.29) is 23.8 Å². The van der Waals surface area contributed by atoms with Gasteiger partial charge in [0.15, 0.2) is 0 Å². The lowest BCUT2D eigenvalue weighted by molar-refractivity contribution is -0.132. The van der Waals surface area contributed by atoms with Crippen molar-refractivity contribution in [3.05, 3.63) is 57.8 Å². The molecule has 1 saturated carbocycles. The van der Waals surface area contributed by atoms with E-state index in [4.69, 9.17) is 0 Å². The SMILES string of the molecule is CC(NC(=O)C1CCC1)C(=O)NCC(c1ccccc1)N1CCc2sccc2C1. The number of fused-ring (bicyclic) bond motifs is 1. The Kier molecular flexibility index (Phi) is 6.31. The fourth-order valence-electron chi connectivity index (χ4n) is 4.09. The van der Waals surface area contributed by atoms with Crippen LogP contribution in [-0.4, -0.2) is 35.8 Å². The van der Waals surface area contributed by atoms with Crippen molar-refractivity contribution in [1.29, 1.82) is 0 Å². The predicted molar refractivity (Wildman–Crippen MR) is 116 cm³/mol. The molecule has 2 N–H and O–H groups in total. The Hall–Kier alpha value is -2.18. The molecule has 2 unspecified atom stereocenters. The van der Waals surface area contributed by atoms with Crippen molar-refractivity contribution in [3.8, 4) is 0 Å². The topological polar surface area (TPSA) is 61.4 Å². The molecule has 4 rings (SSSR count). The van der Waals surface area contributed by atoms with Gasteiger partial charge in [-0.3, -0.25) is 14.5 Å². The fourth-order valence-corrected chi connectivity index (χ4v) is 4.98. The smallest absolute Gasteiger partial charge is 0.242 e. The first-order valence-corrected chi connectivity index (χ1v) is 11.4. The zero-order valence-corrected chi connectivity index (χ0v) is 17.7. The number of amides is 2. The van der Waals surface area contributed by atoms with Gasteiger partial charge in [-0.15, -0.1) is 11.3 Å². The van der Waals surface area contributed by atoms with Crippen molar-refractivity contribution in [2.45, 2.75) is 51.2 Å². The number of rotatable bonds is 7. The molecule has 1 fully saturated rings. The molecule has 0 radical (unpaired) electrons. The van der Waals surface area contributed by atoms with Crippen LogP contribution in [0.1, 0.15) is 48.2 Å². The maximum Gasteiger partial charge on any atom is 0.242 e. The molecule has 0 spiro atoms. The molecule has 5 nitrogen and oxygen atoms in total. The minimum atomic E-state index is -0.510. The summed E-state index contributed by atoms with van der Waals surface area (Å²) in [6, 6.07) is 12.2. The second kappa shape index (κ2) is 9.09. The maximum absolute atomic E-state index is 12.6. The van der Waals surface area contributed by atoms with Crippen molar-refractivity contribution in [2.75, 3.05) is 13.1 Å². The summed E-state index contributed by atoms with van der Waals surface area (Å²) in [6.45, 7) is 4.19. The van der Waals surface area contributed by atoms with Gasteiger partial charge in [-0.05, 0) is 48.8 Å². The van der Waals surface area contributed by atoms with E-state index in [1.807, 2.05) is 29.5 Å². The first-order chi connectivity index (χ1) is 14.1. The number of benzene rings is 1. The highest BCUT2D eigenvalue weighted by Crippen LogP contribution is 2.30. The third-order valence-corrected chi connectivity index (χ3v) is 7.18. The van der Waals surface area contributed by atoms with Gasteiger partial charge in [0.25, 0.3) is 0 Å². The van der Waals surface area contributed by atoms with Crippen LogP contribution in [-0.2, 0) is 22.6 Å². The second-order valence-electron chi connectivity index (χ2n) is 8.12. The predicted octanol–water partition coefficient (Wildman–Crippen LogP) is 3.27. The van der Waals surface area contributed by atoms with E-state index >= 15 is 0 Å². The van der Waals surface area contributed by atoms with Crippen LogP contribution in [0.3, 0.4) is 0 Å². The van der Waals surface area contributed by atoms with Crippen LogP contribution in [0, 0.1) is 5.92 Å². The zero-order valence-electron chi connectivity index (χ0n) is 16.9. The normalized spacial score (nSPS) is 18.9. The van der Waals surface area contributed by atoms with Gasteiger partial charge < -0.3 is 10.6 Å². The highest BCUT2D eigenvalue weighted by Gasteiger charge is 2.29. The van der Waals surface area contributed by atoms with E-state index in [0.717, 1.165) is 38.8 Å². The van der Waals surface area contributed by atoms with Crippen LogP contribution >= 0.6 is 11.3 Å². The summed E-state index contributed by atoms with van der Waals surface area (Å²) >= 11 is 1.83. The number of nitrogens with zero attached hydrogens (tertiary/aromatic N) is 1.